The first-order valence-electron chi connectivity index (χ1n) is 6.78. The maximum atomic E-state index is 13.7. The lowest BCUT2D eigenvalue weighted by Gasteiger charge is -2.19. The van der Waals surface area contributed by atoms with Crippen molar-refractivity contribution < 1.29 is 14.3 Å². The van der Waals surface area contributed by atoms with Gasteiger partial charge in [-0.2, -0.15) is 0 Å². The molecule has 3 nitrogen and oxygen atoms in total. The summed E-state index contributed by atoms with van der Waals surface area (Å²) >= 11 is 3.18. The zero-order valence-electron chi connectivity index (χ0n) is 11.8. The Balaban J connectivity index is 2.65. The Bertz CT molecular complexity index is 431. The molecule has 1 unspecified atom stereocenters. The number of hydrogen-bond donors (Lipinski definition) is 2. The maximum Gasteiger partial charge on any atom is 0.255 e. The third-order valence-corrected chi connectivity index (χ3v) is 3.74. The van der Waals surface area contributed by atoms with Crippen LogP contribution in [0.1, 0.15) is 37.0 Å². The van der Waals surface area contributed by atoms with Gasteiger partial charge in [0.25, 0.3) is 5.91 Å². The first-order valence-corrected chi connectivity index (χ1v) is 7.58. The van der Waals surface area contributed by atoms with Crippen LogP contribution in [0.25, 0.3) is 0 Å². The molecule has 1 amide bonds. The van der Waals surface area contributed by atoms with Crippen molar-refractivity contribution in [2.75, 3.05) is 13.2 Å². The van der Waals surface area contributed by atoms with Gasteiger partial charge in [0.2, 0.25) is 0 Å². The van der Waals surface area contributed by atoms with Crippen LogP contribution in [0.5, 0.6) is 0 Å². The number of rotatable bonds is 7. The minimum atomic E-state index is -0.542. The average Bonchev–Trinajstić information content (AvgIpc) is 2.35. The lowest BCUT2D eigenvalue weighted by molar-refractivity contribution is 0.0936. The molecule has 112 valence electrons. The van der Waals surface area contributed by atoms with Gasteiger partial charge >= 0.3 is 0 Å². The fourth-order valence-electron chi connectivity index (χ4n) is 2.19. The monoisotopic (exact) mass is 345 g/mol. The van der Waals surface area contributed by atoms with Gasteiger partial charge < -0.3 is 10.4 Å². The molecule has 1 atom stereocenters. The quantitative estimate of drug-likeness (QED) is 0.795. The Kier molecular flexibility index (Phi) is 7.16. The molecule has 0 bridgehead atoms. The van der Waals surface area contributed by atoms with Crippen molar-refractivity contribution >= 4 is 21.8 Å². The molecule has 20 heavy (non-hydrogen) atoms. The van der Waals surface area contributed by atoms with Gasteiger partial charge in [-0.25, -0.2) is 4.39 Å². The summed E-state index contributed by atoms with van der Waals surface area (Å²) < 4.78 is 14.1. The maximum absolute atomic E-state index is 13.7. The van der Waals surface area contributed by atoms with Crippen molar-refractivity contribution in [2.45, 2.75) is 26.7 Å². The standard InChI is InChI=1S/C15H21BrFNO2/c1-10(2)8-11(6-7-19)9-18-15(20)14-12(16)4-3-5-13(14)17/h3-5,10-11,19H,6-9H2,1-2H3,(H,18,20). The fraction of sp³-hybridized carbons (Fsp3) is 0.533. The molecule has 0 aliphatic heterocycles. The summed E-state index contributed by atoms with van der Waals surface area (Å²) in [4.78, 5) is 12.0. The van der Waals surface area contributed by atoms with Gasteiger partial charge in [0.1, 0.15) is 5.82 Å². The normalized spacial score (nSPS) is 12.5. The zero-order chi connectivity index (χ0) is 15.1. The molecule has 0 aliphatic rings. The van der Waals surface area contributed by atoms with Crippen LogP contribution in [-0.4, -0.2) is 24.2 Å². The van der Waals surface area contributed by atoms with Gasteiger partial charge in [-0.15, -0.1) is 0 Å². The number of aliphatic hydroxyl groups excluding tert-OH is 1. The molecule has 1 aromatic carbocycles. The van der Waals surface area contributed by atoms with Gasteiger partial charge in [-0.05, 0) is 52.7 Å². The lowest BCUT2D eigenvalue weighted by Crippen LogP contribution is -2.31. The van der Waals surface area contributed by atoms with Crippen LogP contribution < -0.4 is 5.32 Å². The number of amides is 1. The first kappa shape index (κ1) is 17.1. The molecule has 0 spiro atoms. The smallest absolute Gasteiger partial charge is 0.255 e. The van der Waals surface area contributed by atoms with Crippen LogP contribution in [-0.2, 0) is 0 Å². The number of aliphatic hydroxyl groups is 1. The Morgan fingerprint density at radius 2 is 2.15 bits per heavy atom. The van der Waals surface area contributed by atoms with Crippen molar-refractivity contribution in [3.05, 3.63) is 34.1 Å². The summed E-state index contributed by atoms with van der Waals surface area (Å²) in [7, 11) is 0. The second-order valence-electron chi connectivity index (χ2n) is 5.31. The zero-order valence-corrected chi connectivity index (χ0v) is 13.4. The Morgan fingerprint density at radius 3 is 2.70 bits per heavy atom. The molecule has 5 heteroatoms. The van der Waals surface area contributed by atoms with E-state index in [1.807, 2.05) is 0 Å². The highest BCUT2D eigenvalue weighted by Gasteiger charge is 2.17. The van der Waals surface area contributed by atoms with E-state index in [9.17, 15) is 9.18 Å². The van der Waals surface area contributed by atoms with Crippen LogP contribution in [0, 0.1) is 17.7 Å². The van der Waals surface area contributed by atoms with Crippen LogP contribution in [0.15, 0.2) is 22.7 Å². The predicted molar refractivity (Wildman–Crippen MR) is 81.1 cm³/mol. The third kappa shape index (κ3) is 5.21. The SMILES string of the molecule is CC(C)CC(CCO)CNC(=O)c1c(F)cccc1Br. The molecule has 0 fully saturated rings. The Labute approximate surface area is 127 Å². The summed E-state index contributed by atoms with van der Waals surface area (Å²) in [6.45, 7) is 4.73. The topological polar surface area (TPSA) is 49.3 Å². The second-order valence-corrected chi connectivity index (χ2v) is 6.17. The molecular formula is C15H21BrFNO2. The molecule has 2 N–H and O–H groups in total. The van der Waals surface area contributed by atoms with Crippen LogP contribution in [0.4, 0.5) is 4.39 Å². The highest BCUT2D eigenvalue weighted by atomic mass is 79.9. The molecule has 1 rings (SSSR count). The Hall–Kier alpha value is -0.940. The van der Waals surface area contributed by atoms with E-state index in [4.69, 9.17) is 5.11 Å². The fourth-order valence-corrected chi connectivity index (χ4v) is 2.71. The Morgan fingerprint density at radius 1 is 1.45 bits per heavy atom. The van der Waals surface area contributed by atoms with Gasteiger partial charge in [-0.3, -0.25) is 4.79 Å². The second kappa shape index (κ2) is 8.37. The number of halogens is 2. The van der Waals surface area contributed by atoms with Crippen molar-refractivity contribution in [3.8, 4) is 0 Å². The van der Waals surface area contributed by atoms with Gasteiger partial charge in [0, 0.05) is 17.6 Å². The van der Waals surface area contributed by atoms with Gasteiger partial charge in [-0.1, -0.05) is 19.9 Å². The predicted octanol–water partition coefficient (Wildman–Crippen LogP) is 3.36. The van der Waals surface area contributed by atoms with Crippen LogP contribution in [0.3, 0.4) is 0 Å². The van der Waals surface area contributed by atoms with Crippen molar-refractivity contribution in [1.29, 1.82) is 0 Å². The van der Waals surface area contributed by atoms with E-state index in [1.165, 1.54) is 6.07 Å². The summed E-state index contributed by atoms with van der Waals surface area (Å²) in [6, 6.07) is 4.44. The van der Waals surface area contributed by atoms with Gasteiger partial charge in [0.05, 0.1) is 5.56 Å². The van der Waals surface area contributed by atoms with E-state index in [-0.39, 0.29) is 18.1 Å². The highest BCUT2D eigenvalue weighted by Crippen LogP contribution is 2.20. The molecule has 0 saturated heterocycles. The number of hydrogen-bond acceptors (Lipinski definition) is 2. The van der Waals surface area contributed by atoms with Crippen LogP contribution in [0.2, 0.25) is 0 Å². The minimum Gasteiger partial charge on any atom is -0.396 e. The van der Waals surface area contributed by atoms with Crippen LogP contribution >= 0.6 is 15.9 Å². The molecule has 0 radical (unpaired) electrons. The highest BCUT2D eigenvalue weighted by molar-refractivity contribution is 9.10. The molecule has 0 aromatic heterocycles. The summed E-state index contributed by atoms with van der Waals surface area (Å²) in [6.07, 6.45) is 1.55. The average molecular weight is 346 g/mol. The van der Waals surface area contributed by atoms with E-state index in [0.717, 1.165) is 6.42 Å². The number of carbonyl (C=O) groups excluding carboxylic acids is 1. The molecule has 1 aromatic rings. The van der Waals surface area contributed by atoms with Gasteiger partial charge in [0.15, 0.2) is 0 Å². The third-order valence-electron chi connectivity index (χ3n) is 3.08. The van der Waals surface area contributed by atoms with Crippen molar-refractivity contribution in [2.24, 2.45) is 11.8 Å². The minimum absolute atomic E-state index is 0.0276. The summed E-state index contributed by atoms with van der Waals surface area (Å²) in [5, 5.41) is 11.8. The van der Waals surface area contributed by atoms with E-state index in [1.54, 1.807) is 12.1 Å². The lowest BCUT2D eigenvalue weighted by atomic mass is 9.94. The van der Waals surface area contributed by atoms with Crippen molar-refractivity contribution in [1.82, 2.24) is 5.32 Å². The largest absolute Gasteiger partial charge is 0.396 e. The first-order chi connectivity index (χ1) is 9.45. The van der Waals surface area contributed by atoms with E-state index >= 15 is 0 Å². The molecule has 0 aliphatic carbocycles. The molecule has 0 heterocycles. The number of carbonyl (C=O) groups is 1. The van der Waals surface area contributed by atoms with E-state index < -0.39 is 11.7 Å². The van der Waals surface area contributed by atoms with Crippen molar-refractivity contribution in [3.63, 3.8) is 0 Å². The number of nitrogens with one attached hydrogen (secondary N) is 1. The summed E-state index contributed by atoms with van der Waals surface area (Å²) in [5.74, 6) is -0.278. The summed E-state index contributed by atoms with van der Waals surface area (Å²) in [5.41, 5.74) is 0.0276. The molecular weight excluding hydrogens is 325 g/mol. The van der Waals surface area contributed by atoms with E-state index in [0.29, 0.717) is 23.4 Å². The van der Waals surface area contributed by atoms with E-state index in [2.05, 4.69) is 35.1 Å². The molecule has 0 saturated carbocycles. The number of benzene rings is 1.